The van der Waals surface area contributed by atoms with Crippen LogP contribution in [0.4, 0.5) is 5.69 Å². The molecule has 1 saturated heterocycles. The number of ether oxygens (including phenoxy) is 1. The Bertz CT molecular complexity index is 564. The molecule has 4 nitrogen and oxygen atoms in total. The van der Waals surface area contributed by atoms with Crippen LogP contribution in [0.3, 0.4) is 0 Å². The van der Waals surface area contributed by atoms with Crippen molar-refractivity contribution in [2.75, 3.05) is 18.5 Å². The molecular weight excluding hydrogens is 252 g/mol. The lowest BCUT2D eigenvalue weighted by Gasteiger charge is -2.22. The van der Waals surface area contributed by atoms with Gasteiger partial charge in [0.05, 0.1) is 6.54 Å². The number of amides is 1. The number of rotatable bonds is 2. The molecule has 20 heavy (non-hydrogen) atoms. The zero-order chi connectivity index (χ0) is 14.6. The van der Waals surface area contributed by atoms with E-state index >= 15 is 0 Å². The molecular formula is C16H20N2O2. The average molecular weight is 272 g/mol. The van der Waals surface area contributed by atoms with Crippen LogP contribution in [0.25, 0.3) is 0 Å². The van der Waals surface area contributed by atoms with Gasteiger partial charge in [-0.3, -0.25) is 4.79 Å². The maximum Gasteiger partial charge on any atom is 0.256 e. The smallest absolute Gasteiger partial charge is 0.256 e. The van der Waals surface area contributed by atoms with E-state index in [-0.39, 0.29) is 5.91 Å². The lowest BCUT2D eigenvalue weighted by molar-refractivity contribution is -0.133. The van der Waals surface area contributed by atoms with Gasteiger partial charge in [0.1, 0.15) is 5.60 Å². The summed E-state index contributed by atoms with van der Waals surface area (Å²) in [5.41, 5.74) is 7.32. The van der Waals surface area contributed by atoms with Crippen molar-refractivity contribution in [2.24, 2.45) is 5.73 Å². The third kappa shape index (κ3) is 3.19. The molecule has 1 aromatic rings. The molecule has 0 aromatic heterocycles. The molecule has 0 spiro atoms. The summed E-state index contributed by atoms with van der Waals surface area (Å²) in [7, 11) is 0. The second-order valence-corrected chi connectivity index (χ2v) is 5.17. The highest BCUT2D eigenvalue weighted by atomic mass is 16.5. The van der Waals surface area contributed by atoms with Crippen LogP contribution in [0, 0.1) is 18.8 Å². The van der Waals surface area contributed by atoms with Crippen molar-refractivity contribution in [1.82, 2.24) is 0 Å². The van der Waals surface area contributed by atoms with Crippen molar-refractivity contribution in [3.63, 3.8) is 0 Å². The summed E-state index contributed by atoms with van der Waals surface area (Å²) >= 11 is 0. The Morgan fingerprint density at radius 3 is 2.95 bits per heavy atom. The minimum Gasteiger partial charge on any atom is -0.365 e. The Morgan fingerprint density at radius 2 is 2.35 bits per heavy atom. The zero-order valence-corrected chi connectivity index (χ0v) is 12.0. The molecule has 1 amide bonds. The molecule has 1 atom stereocenters. The summed E-state index contributed by atoms with van der Waals surface area (Å²) in [6, 6.07) is 5.69. The van der Waals surface area contributed by atoms with Crippen LogP contribution in [0.5, 0.6) is 0 Å². The molecule has 0 aliphatic carbocycles. The standard InChI is InChI=1S/C16H20N2O2/c1-12-11-13(5-3-9-17)6-7-14(12)18-15(19)16(2)8-4-10-20-16/h6-7,11H,4,8-10,17H2,1-2H3,(H,18,19). The van der Waals surface area contributed by atoms with Gasteiger partial charge in [0.25, 0.3) is 5.91 Å². The number of carbonyl (C=O) groups is 1. The average Bonchev–Trinajstić information content (AvgIpc) is 2.87. The first-order chi connectivity index (χ1) is 9.55. The van der Waals surface area contributed by atoms with Gasteiger partial charge in [-0.05, 0) is 50.5 Å². The van der Waals surface area contributed by atoms with Crippen LogP contribution in [0.1, 0.15) is 30.9 Å². The van der Waals surface area contributed by atoms with Crippen LogP contribution in [-0.4, -0.2) is 24.7 Å². The topological polar surface area (TPSA) is 64.3 Å². The largest absolute Gasteiger partial charge is 0.365 e. The van der Waals surface area contributed by atoms with Crippen LogP contribution in [0.2, 0.25) is 0 Å². The predicted octanol–water partition coefficient (Wildman–Crippen LogP) is 1.81. The zero-order valence-electron chi connectivity index (χ0n) is 12.0. The highest BCUT2D eigenvalue weighted by Crippen LogP contribution is 2.27. The Hall–Kier alpha value is -1.83. The molecule has 106 valence electrons. The second-order valence-electron chi connectivity index (χ2n) is 5.17. The van der Waals surface area contributed by atoms with E-state index in [4.69, 9.17) is 10.5 Å². The quantitative estimate of drug-likeness (QED) is 0.807. The summed E-state index contributed by atoms with van der Waals surface area (Å²) in [5.74, 6) is 5.70. The monoisotopic (exact) mass is 272 g/mol. The van der Waals surface area contributed by atoms with E-state index in [1.165, 1.54) is 0 Å². The lowest BCUT2D eigenvalue weighted by atomic mass is 10.0. The SMILES string of the molecule is Cc1cc(C#CCN)ccc1NC(=O)C1(C)CCCO1. The van der Waals surface area contributed by atoms with Crippen molar-refractivity contribution in [3.8, 4) is 11.8 Å². The Kier molecular flexibility index (Phi) is 4.43. The van der Waals surface area contributed by atoms with Gasteiger partial charge in [0.2, 0.25) is 0 Å². The maximum atomic E-state index is 12.3. The molecule has 4 heteroatoms. The molecule has 1 aliphatic heterocycles. The molecule has 0 bridgehead atoms. The summed E-state index contributed by atoms with van der Waals surface area (Å²) in [6.07, 6.45) is 1.69. The fraction of sp³-hybridized carbons (Fsp3) is 0.438. The molecule has 1 unspecified atom stereocenters. The lowest BCUT2D eigenvalue weighted by Crippen LogP contribution is -2.39. The van der Waals surface area contributed by atoms with Crippen LogP contribution in [-0.2, 0) is 9.53 Å². The minimum absolute atomic E-state index is 0.0844. The Labute approximate surface area is 119 Å². The van der Waals surface area contributed by atoms with Crippen molar-refractivity contribution < 1.29 is 9.53 Å². The summed E-state index contributed by atoms with van der Waals surface area (Å²) in [4.78, 5) is 12.3. The molecule has 2 rings (SSSR count). The molecule has 1 aromatic carbocycles. The normalized spacial score (nSPS) is 21.1. The summed E-state index contributed by atoms with van der Waals surface area (Å²) in [5, 5.41) is 2.94. The summed E-state index contributed by atoms with van der Waals surface area (Å²) < 4.78 is 5.54. The van der Waals surface area contributed by atoms with Crippen molar-refractivity contribution in [3.05, 3.63) is 29.3 Å². The second kappa shape index (κ2) is 6.08. The van der Waals surface area contributed by atoms with Crippen LogP contribution in [0.15, 0.2) is 18.2 Å². The van der Waals surface area contributed by atoms with Gasteiger partial charge in [0.15, 0.2) is 0 Å². The van der Waals surface area contributed by atoms with E-state index in [0.29, 0.717) is 13.2 Å². The van der Waals surface area contributed by atoms with Gasteiger partial charge < -0.3 is 15.8 Å². The number of hydrogen-bond acceptors (Lipinski definition) is 3. The van der Waals surface area contributed by atoms with Gasteiger partial charge >= 0.3 is 0 Å². The van der Waals surface area contributed by atoms with E-state index < -0.39 is 5.60 Å². The van der Waals surface area contributed by atoms with Gasteiger partial charge in [-0.1, -0.05) is 11.8 Å². The van der Waals surface area contributed by atoms with E-state index in [0.717, 1.165) is 29.7 Å². The number of hydrogen-bond donors (Lipinski definition) is 2. The van der Waals surface area contributed by atoms with Crippen molar-refractivity contribution in [2.45, 2.75) is 32.3 Å². The highest BCUT2D eigenvalue weighted by Gasteiger charge is 2.37. The minimum atomic E-state index is -0.704. The van der Waals surface area contributed by atoms with E-state index in [1.807, 2.05) is 32.0 Å². The van der Waals surface area contributed by atoms with Crippen LogP contribution < -0.4 is 11.1 Å². The van der Waals surface area contributed by atoms with Gasteiger partial charge in [0, 0.05) is 17.9 Å². The Balaban J connectivity index is 2.12. The molecule has 1 heterocycles. The first kappa shape index (κ1) is 14.6. The molecule has 1 fully saturated rings. The van der Waals surface area contributed by atoms with Gasteiger partial charge in [-0.15, -0.1) is 0 Å². The molecule has 0 saturated carbocycles. The number of benzene rings is 1. The number of nitrogens with one attached hydrogen (secondary N) is 1. The van der Waals surface area contributed by atoms with E-state index in [1.54, 1.807) is 0 Å². The first-order valence-corrected chi connectivity index (χ1v) is 6.80. The van der Waals surface area contributed by atoms with Crippen molar-refractivity contribution >= 4 is 11.6 Å². The van der Waals surface area contributed by atoms with Gasteiger partial charge in [-0.25, -0.2) is 0 Å². The third-order valence-electron chi connectivity index (χ3n) is 3.51. The van der Waals surface area contributed by atoms with E-state index in [2.05, 4.69) is 17.2 Å². The number of nitrogens with two attached hydrogens (primary N) is 1. The highest BCUT2D eigenvalue weighted by molar-refractivity contribution is 5.97. The summed E-state index contributed by atoms with van der Waals surface area (Å²) in [6.45, 7) is 4.77. The van der Waals surface area contributed by atoms with Crippen LogP contribution >= 0.6 is 0 Å². The fourth-order valence-electron chi connectivity index (χ4n) is 2.25. The molecule has 1 aliphatic rings. The molecule has 0 radical (unpaired) electrons. The van der Waals surface area contributed by atoms with Crippen molar-refractivity contribution in [1.29, 1.82) is 0 Å². The predicted molar refractivity (Wildman–Crippen MR) is 79.3 cm³/mol. The Morgan fingerprint density at radius 1 is 1.55 bits per heavy atom. The van der Waals surface area contributed by atoms with E-state index in [9.17, 15) is 4.79 Å². The maximum absolute atomic E-state index is 12.3. The molecule has 3 N–H and O–H groups in total. The number of anilines is 1. The van der Waals surface area contributed by atoms with Gasteiger partial charge in [-0.2, -0.15) is 0 Å². The number of carbonyl (C=O) groups excluding carboxylic acids is 1. The third-order valence-corrected chi connectivity index (χ3v) is 3.51. The first-order valence-electron chi connectivity index (χ1n) is 6.80. The number of aryl methyl sites for hydroxylation is 1. The fourth-order valence-corrected chi connectivity index (χ4v) is 2.25.